The van der Waals surface area contributed by atoms with Crippen LogP contribution in [-0.2, 0) is 16.2 Å². The number of nitrogens with one attached hydrogen (secondary N) is 1. The fourth-order valence-corrected chi connectivity index (χ4v) is 3.96. The van der Waals surface area contributed by atoms with E-state index in [1.165, 1.54) is 0 Å². The Kier molecular flexibility index (Phi) is 7.36. The molecule has 0 fully saturated rings. The van der Waals surface area contributed by atoms with Crippen LogP contribution in [0.3, 0.4) is 0 Å². The molecule has 3 rings (SSSR count). The van der Waals surface area contributed by atoms with Crippen LogP contribution in [0.4, 0.5) is 11.4 Å². The lowest BCUT2D eigenvalue weighted by molar-refractivity contribution is -0.119. The fourth-order valence-electron chi connectivity index (χ4n) is 2.89. The normalized spacial score (nSPS) is 13.5. The molecule has 1 N–H and O–H groups in total. The van der Waals surface area contributed by atoms with Gasteiger partial charge in [-0.25, -0.2) is 0 Å². The predicted molar refractivity (Wildman–Crippen MR) is 128 cm³/mol. The molecule has 0 spiro atoms. The van der Waals surface area contributed by atoms with E-state index in [1.807, 2.05) is 106 Å². The van der Waals surface area contributed by atoms with Crippen molar-refractivity contribution in [3.63, 3.8) is 0 Å². The molecule has 0 aliphatic rings. The van der Waals surface area contributed by atoms with E-state index in [2.05, 4.69) is 20.7 Å². The van der Waals surface area contributed by atoms with Crippen LogP contribution in [0.25, 0.3) is 0 Å². The first-order valence-corrected chi connectivity index (χ1v) is 11.6. The Balaban J connectivity index is 2.07. The molecule has 1 unspecified atom stereocenters. The highest BCUT2D eigenvalue weighted by Gasteiger charge is 2.36. The maximum atomic E-state index is 13.9. The van der Waals surface area contributed by atoms with E-state index in [9.17, 15) is 9.35 Å². The van der Waals surface area contributed by atoms with E-state index in [0.717, 1.165) is 21.4 Å². The van der Waals surface area contributed by atoms with Crippen molar-refractivity contribution in [2.75, 3.05) is 4.90 Å². The molecular weight excluding hydrogens is 460 g/mol. The third kappa shape index (κ3) is 5.52. The van der Waals surface area contributed by atoms with Gasteiger partial charge < -0.3 is 4.55 Å². The van der Waals surface area contributed by atoms with Gasteiger partial charge in [-0.1, -0.05) is 64.5 Å². The number of nitrogens with zero attached hydrogens (tertiary/aromatic N) is 1. The monoisotopic (exact) mass is 484 g/mol. The van der Waals surface area contributed by atoms with E-state index < -0.39 is 22.2 Å². The summed E-state index contributed by atoms with van der Waals surface area (Å²) >= 11 is 2.01. The number of anilines is 2. The zero-order valence-electron chi connectivity index (χ0n) is 17.2. The maximum Gasteiger partial charge on any atom is 0.257 e. The first kappa shape index (κ1) is 22.6. The van der Waals surface area contributed by atoms with E-state index in [0.29, 0.717) is 0 Å². The summed E-state index contributed by atoms with van der Waals surface area (Å²) in [5, 5.41) is 0. The number of carbonyl (C=O) groups is 1. The summed E-state index contributed by atoms with van der Waals surface area (Å²) in [6.07, 6.45) is 0. The highest BCUT2D eigenvalue weighted by atomic mass is 79.9. The zero-order chi connectivity index (χ0) is 21.7. The zero-order valence-corrected chi connectivity index (χ0v) is 19.6. The molecule has 4 nitrogen and oxygen atoms in total. The van der Waals surface area contributed by atoms with Gasteiger partial charge in [-0.15, -0.1) is 4.72 Å². The lowest BCUT2D eigenvalue weighted by atomic mass is 10.1. The van der Waals surface area contributed by atoms with Crippen molar-refractivity contribution in [2.45, 2.75) is 31.6 Å². The molecule has 156 valence electrons. The molecule has 1 amide bonds. The van der Waals surface area contributed by atoms with E-state index >= 15 is 0 Å². The van der Waals surface area contributed by atoms with E-state index in [1.54, 1.807) is 4.90 Å². The maximum absolute atomic E-state index is 13.9. The number of hydrogen-bond donors (Lipinski definition) is 1. The average Bonchev–Trinajstić information content (AvgIpc) is 2.73. The number of para-hydroxylation sites is 2. The van der Waals surface area contributed by atoms with Crippen LogP contribution in [0.1, 0.15) is 32.4 Å². The van der Waals surface area contributed by atoms with Gasteiger partial charge in [-0.2, -0.15) is 0 Å². The minimum absolute atomic E-state index is 0.202. The summed E-state index contributed by atoms with van der Waals surface area (Å²) in [6.45, 7) is 5.64. The first-order chi connectivity index (χ1) is 14.3. The molecule has 0 aromatic heterocycles. The fraction of sp³-hybridized carbons (Fsp3) is 0.208. The quantitative estimate of drug-likeness (QED) is 0.442. The van der Waals surface area contributed by atoms with E-state index in [-0.39, 0.29) is 5.91 Å². The topological polar surface area (TPSA) is 55.4 Å². The summed E-state index contributed by atoms with van der Waals surface area (Å²) < 4.78 is 16.4. The van der Waals surface area contributed by atoms with E-state index in [4.69, 9.17) is 0 Å². The van der Waals surface area contributed by atoms with Gasteiger partial charge in [0.2, 0.25) is 0 Å². The Morgan fingerprint density at radius 3 is 1.80 bits per heavy atom. The van der Waals surface area contributed by atoms with Crippen molar-refractivity contribution in [1.29, 1.82) is 0 Å². The van der Waals surface area contributed by atoms with Crippen molar-refractivity contribution in [1.82, 2.24) is 4.72 Å². The lowest BCUT2D eigenvalue weighted by Gasteiger charge is -2.31. The number of amides is 1. The third-order valence-electron chi connectivity index (χ3n) is 4.48. The molecule has 0 saturated carbocycles. The second-order valence-electron chi connectivity index (χ2n) is 7.83. The Hall–Kier alpha value is -2.12. The summed E-state index contributed by atoms with van der Waals surface area (Å²) in [5.41, 5.74) is 2.25. The molecule has 3 aromatic rings. The molecule has 0 saturated heterocycles. The average molecular weight is 485 g/mol. The van der Waals surface area contributed by atoms with Crippen LogP contribution in [0.5, 0.6) is 0 Å². The third-order valence-corrected chi connectivity index (χ3v) is 6.57. The predicted octanol–water partition coefficient (Wildman–Crippen LogP) is 5.91. The van der Waals surface area contributed by atoms with Gasteiger partial charge in [0.15, 0.2) is 6.04 Å². The molecule has 0 bridgehead atoms. The Morgan fingerprint density at radius 2 is 1.37 bits per heavy atom. The van der Waals surface area contributed by atoms with Crippen LogP contribution < -0.4 is 9.62 Å². The minimum Gasteiger partial charge on any atom is -0.598 e. The van der Waals surface area contributed by atoms with Crippen molar-refractivity contribution in [3.05, 3.63) is 95.0 Å². The molecular formula is C24H25BrN2O2S. The van der Waals surface area contributed by atoms with Crippen molar-refractivity contribution < 1.29 is 9.35 Å². The SMILES string of the molecule is CC(C)(C)[S+]([O-])N[C@@H](C(=O)N(c1ccccc1)c1ccccc1)c1ccc(Br)cc1. The van der Waals surface area contributed by atoms with Gasteiger partial charge in [0.25, 0.3) is 5.91 Å². The van der Waals surface area contributed by atoms with Gasteiger partial charge in [-0.05, 0) is 62.7 Å². The highest BCUT2D eigenvalue weighted by Crippen LogP contribution is 2.31. The van der Waals surface area contributed by atoms with Gasteiger partial charge >= 0.3 is 0 Å². The van der Waals surface area contributed by atoms with Gasteiger partial charge in [-0.3, -0.25) is 9.69 Å². The van der Waals surface area contributed by atoms with Crippen LogP contribution >= 0.6 is 15.9 Å². The van der Waals surface area contributed by atoms with Crippen molar-refractivity contribution in [3.8, 4) is 0 Å². The van der Waals surface area contributed by atoms with Gasteiger partial charge in [0.05, 0.1) is 0 Å². The summed E-state index contributed by atoms with van der Waals surface area (Å²) in [4.78, 5) is 15.6. The molecule has 0 aliphatic heterocycles. The largest absolute Gasteiger partial charge is 0.598 e. The second kappa shape index (κ2) is 9.79. The summed E-state index contributed by atoms with van der Waals surface area (Å²) in [7, 11) is 0. The summed E-state index contributed by atoms with van der Waals surface area (Å²) in [6, 6.07) is 25.7. The number of rotatable bonds is 6. The van der Waals surface area contributed by atoms with Crippen LogP contribution in [0, 0.1) is 0 Å². The van der Waals surface area contributed by atoms with Gasteiger partial charge in [0.1, 0.15) is 4.75 Å². The smallest absolute Gasteiger partial charge is 0.257 e. The highest BCUT2D eigenvalue weighted by molar-refractivity contribution is 9.10. The number of halogens is 1. The molecule has 30 heavy (non-hydrogen) atoms. The van der Waals surface area contributed by atoms with Gasteiger partial charge in [0, 0.05) is 27.2 Å². The molecule has 0 heterocycles. The Labute approximate surface area is 189 Å². The number of carbonyl (C=O) groups excluding carboxylic acids is 1. The second-order valence-corrected chi connectivity index (χ2v) is 10.7. The number of benzene rings is 3. The Morgan fingerprint density at radius 1 is 0.900 bits per heavy atom. The molecule has 3 aromatic carbocycles. The molecule has 0 radical (unpaired) electrons. The molecule has 6 heteroatoms. The lowest BCUT2D eigenvalue weighted by Crippen LogP contribution is -2.46. The molecule has 2 atom stereocenters. The standard InChI is InChI=1S/C24H25BrN2O2S/c1-24(2,3)30(29)26-22(18-14-16-19(25)17-15-18)23(28)27(20-10-6-4-7-11-20)21-12-8-5-9-13-21/h4-17,22,26H,1-3H3/t22-,30?/m1/s1. The van der Waals surface area contributed by atoms with Crippen molar-refractivity contribution >= 4 is 44.6 Å². The Bertz CT molecular complexity index is 921. The van der Waals surface area contributed by atoms with Crippen LogP contribution in [-0.4, -0.2) is 15.2 Å². The van der Waals surface area contributed by atoms with Crippen molar-refractivity contribution in [2.24, 2.45) is 0 Å². The van der Waals surface area contributed by atoms with Crippen LogP contribution in [0.2, 0.25) is 0 Å². The molecule has 0 aliphatic carbocycles. The summed E-state index contributed by atoms with van der Waals surface area (Å²) in [5.74, 6) is -0.202. The van der Waals surface area contributed by atoms with Crippen LogP contribution in [0.15, 0.2) is 89.4 Å². The first-order valence-electron chi connectivity index (χ1n) is 9.65. The number of hydrogen-bond acceptors (Lipinski definition) is 3. The minimum atomic E-state index is -1.43.